The number of carbonyl (C=O) groups is 1. The molecule has 0 fully saturated rings. The normalized spacial score (nSPS) is 14.3. The quantitative estimate of drug-likeness (QED) is 0.887. The summed E-state index contributed by atoms with van der Waals surface area (Å²) in [6.45, 7) is 7.58. The van der Waals surface area contributed by atoms with Crippen molar-refractivity contribution < 1.29 is 9.90 Å². The van der Waals surface area contributed by atoms with Crippen LogP contribution in [0.1, 0.15) is 37.5 Å². The van der Waals surface area contributed by atoms with Crippen molar-refractivity contribution in [3.8, 4) is 0 Å². The van der Waals surface area contributed by atoms with Gasteiger partial charge in [0, 0.05) is 18.8 Å². The maximum Gasteiger partial charge on any atom is 0.230 e. The zero-order valence-electron chi connectivity index (χ0n) is 14.4. The zero-order valence-corrected chi connectivity index (χ0v) is 14.4. The first-order chi connectivity index (χ1) is 10.6. The van der Waals surface area contributed by atoms with Crippen LogP contribution in [-0.2, 0) is 22.9 Å². The third-order valence-corrected chi connectivity index (χ3v) is 4.26. The Morgan fingerprint density at radius 2 is 1.83 bits per heavy atom. The fraction of sp³-hybridized carbons (Fsp3) is 0.444. The number of nitrogens with one attached hydrogen (secondary N) is 1. The Hall–Kier alpha value is -2.14. The van der Waals surface area contributed by atoms with Gasteiger partial charge in [-0.25, -0.2) is 0 Å². The lowest BCUT2D eigenvalue weighted by Gasteiger charge is -2.28. The summed E-state index contributed by atoms with van der Waals surface area (Å²) in [6, 6.07) is 7.93. The van der Waals surface area contributed by atoms with Gasteiger partial charge in [0.1, 0.15) is 5.60 Å². The molecule has 0 aliphatic rings. The summed E-state index contributed by atoms with van der Waals surface area (Å²) >= 11 is 0. The number of aliphatic hydroxyl groups is 1. The summed E-state index contributed by atoms with van der Waals surface area (Å²) < 4.78 is 1.63. The molecule has 0 aliphatic carbocycles. The van der Waals surface area contributed by atoms with Gasteiger partial charge in [0.05, 0.1) is 18.2 Å². The minimum Gasteiger partial charge on any atom is -0.383 e. The SMILES string of the molecule is Cc1ccc(C(C)(C)C(=O)NC[C@](C)(O)c2cnn(C)c2)cc1. The molecular weight excluding hydrogens is 290 g/mol. The lowest BCUT2D eigenvalue weighted by atomic mass is 9.83. The third kappa shape index (κ3) is 3.79. The van der Waals surface area contributed by atoms with Crippen LogP contribution in [0.15, 0.2) is 36.7 Å². The monoisotopic (exact) mass is 315 g/mol. The molecule has 5 heteroatoms. The molecule has 2 rings (SSSR count). The van der Waals surface area contributed by atoms with Crippen LogP contribution >= 0.6 is 0 Å². The molecule has 0 spiro atoms. The van der Waals surface area contributed by atoms with Crippen molar-refractivity contribution in [3.05, 3.63) is 53.3 Å². The van der Waals surface area contributed by atoms with Crippen molar-refractivity contribution in [2.45, 2.75) is 38.7 Å². The van der Waals surface area contributed by atoms with Crippen LogP contribution in [0, 0.1) is 6.92 Å². The molecule has 0 saturated carbocycles. The highest BCUT2D eigenvalue weighted by atomic mass is 16.3. The molecule has 5 nitrogen and oxygen atoms in total. The van der Waals surface area contributed by atoms with Gasteiger partial charge in [-0.2, -0.15) is 5.10 Å². The molecule has 0 radical (unpaired) electrons. The standard InChI is InChI=1S/C18H25N3O2/c1-13-6-8-14(9-7-13)17(2,3)16(22)19-12-18(4,23)15-10-20-21(5)11-15/h6-11,23H,12H2,1-5H3,(H,19,22)/t18-/m0/s1. The molecule has 1 atom stereocenters. The predicted molar refractivity (Wildman–Crippen MR) is 90.0 cm³/mol. The molecule has 2 N–H and O–H groups in total. The molecule has 124 valence electrons. The highest BCUT2D eigenvalue weighted by Crippen LogP contribution is 2.25. The fourth-order valence-electron chi connectivity index (χ4n) is 2.38. The smallest absolute Gasteiger partial charge is 0.230 e. The Balaban J connectivity index is 2.07. The largest absolute Gasteiger partial charge is 0.383 e. The maximum absolute atomic E-state index is 12.6. The molecule has 0 saturated heterocycles. The van der Waals surface area contributed by atoms with Crippen molar-refractivity contribution in [1.29, 1.82) is 0 Å². The Morgan fingerprint density at radius 3 is 2.35 bits per heavy atom. The lowest BCUT2D eigenvalue weighted by molar-refractivity contribution is -0.126. The highest BCUT2D eigenvalue weighted by Gasteiger charge is 2.32. The summed E-state index contributed by atoms with van der Waals surface area (Å²) in [5.41, 5.74) is 0.950. The Bertz CT molecular complexity index is 685. The van der Waals surface area contributed by atoms with Crippen molar-refractivity contribution in [1.82, 2.24) is 15.1 Å². The molecule has 1 amide bonds. The molecule has 0 bridgehead atoms. The minimum absolute atomic E-state index is 0.120. The van der Waals surface area contributed by atoms with E-state index in [1.807, 2.05) is 45.0 Å². The molecule has 1 aromatic heterocycles. The highest BCUT2D eigenvalue weighted by molar-refractivity contribution is 5.87. The second-order valence-corrected chi connectivity index (χ2v) is 6.85. The second kappa shape index (κ2) is 6.16. The predicted octanol–water partition coefficient (Wildman–Crippen LogP) is 2.03. The number of hydrogen-bond acceptors (Lipinski definition) is 3. The number of hydrogen-bond donors (Lipinski definition) is 2. The molecule has 0 unspecified atom stereocenters. The lowest BCUT2D eigenvalue weighted by Crippen LogP contribution is -2.45. The first-order valence-electron chi connectivity index (χ1n) is 7.70. The van der Waals surface area contributed by atoms with Gasteiger partial charge < -0.3 is 10.4 Å². The van der Waals surface area contributed by atoms with E-state index < -0.39 is 11.0 Å². The van der Waals surface area contributed by atoms with Crippen molar-refractivity contribution >= 4 is 5.91 Å². The van der Waals surface area contributed by atoms with Crippen LogP contribution in [0.4, 0.5) is 0 Å². The van der Waals surface area contributed by atoms with Crippen molar-refractivity contribution in [2.75, 3.05) is 6.54 Å². The average Bonchev–Trinajstić information content (AvgIpc) is 2.92. The van der Waals surface area contributed by atoms with E-state index in [1.165, 1.54) is 0 Å². The molecule has 2 aromatic rings. The van der Waals surface area contributed by atoms with Crippen LogP contribution in [-0.4, -0.2) is 27.3 Å². The average molecular weight is 315 g/mol. The van der Waals surface area contributed by atoms with E-state index in [0.717, 1.165) is 11.1 Å². The number of rotatable bonds is 5. The maximum atomic E-state index is 12.6. The summed E-state index contributed by atoms with van der Waals surface area (Å²) in [4.78, 5) is 12.6. The molecule has 23 heavy (non-hydrogen) atoms. The number of carbonyl (C=O) groups excluding carboxylic acids is 1. The van der Waals surface area contributed by atoms with Gasteiger partial charge in [-0.05, 0) is 33.3 Å². The van der Waals surface area contributed by atoms with E-state index in [1.54, 1.807) is 31.0 Å². The van der Waals surface area contributed by atoms with Gasteiger partial charge in [-0.3, -0.25) is 9.48 Å². The topological polar surface area (TPSA) is 67.2 Å². The van der Waals surface area contributed by atoms with Crippen LogP contribution in [0.3, 0.4) is 0 Å². The van der Waals surface area contributed by atoms with E-state index in [2.05, 4.69) is 10.4 Å². The van der Waals surface area contributed by atoms with E-state index in [9.17, 15) is 9.90 Å². The van der Waals surface area contributed by atoms with Crippen LogP contribution in [0.5, 0.6) is 0 Å². The van der Waals surface area contributed by atoms with Crippen molar-refractivity contribution in [3.63, 3.8) is 0 Å². The van der Waals surface area contributed by atoms with Crippen molar-refractivity contribution in [2.24, 2.45) is 7.05 Å². The van der Waals surface area contributed by atoms with Gasteiger partial charge in [0.15, 0.2) is 0 Å². The number of aromatic nitrogens is 2. The van der Waals surface area contributed by atoms with Gasteiger partial charge in [-0.15, -0.1) is 0 Å². The Kier molecular flexibility index (Phi) is 4.61. The van der Waals surface area contributed by atoms with E-state index in [-0.39, 0.29) is 12.5 Å². The first-order valence-corrected chi connectivity index (χ1v) is 7.70. The second-order valence-electron chi connectivity index (χ2n) is 6.85. The minimum atomic E-state index is -1.16. The summed E-state index contributed by atoms with van der Waals surface area (Å²) in [6.07, 6.45) is 3.36. The Morgan fingerprint density at radius 1 is 1.22 bits per heavy atom. The van der Waals surface area contributed by atoms with Gasteiger partial charge in [0.25, 0.3) is 0 Å². The van der Waals surface area contributed by atoms with E-state index in [0.29, 0.717) is 5.56 Å². The zero-order chi connectivity index (χ0) is 17.3. The van der Waals surface area contributed by atoms with Gasteiger partial charge in [0.2, 0.25) is 5.91 Å². The fourth-order valence-corrected chi connectivity index (χ4v) is 2.38. The van der Waals surface area contributed by atoms with E-state index in [4.69, 9.17) is 0 Å². The summed E-state index contributed by atoms with van der Waals surface area (Å²) in [7, 11) is 1.79. The number of aryl methyl sites for hydroxylation is 2. The van der Waals surface area contributed by atoms with Crippen LogP contribution in [0.2, 0.25) is 0 Å². The number of amides is 1. The van der Waals surface area contributed by atoms with Crippen LogP contribution < -0.4 is 5.32 Å². The number of benzene rings is 1. The summed E-state index contributed by atoms with van der Waals surface area (Å²) in [5, 5.41) is 17.5. The molecule has 1 aromatic carbocycles. The molecule has 1 heterocycles. The first kappa shape index (κ1) is 17.2. The molecular formula is C18H25N3O2. The van der Waals surface area contributed by atoms with Crippen LogP contribution in [0.25, 0.3) is 0 Å². The number of nitrogens with zero attached hydrogens (tertiary/aromatic N) is 2. The third-order valence-electron chi connectivity index (χ3n) is 4.26. The summed E-state index contributed by atoms with van der Waals surface area (Å²) in [5.74, 6) is -0.120. The molecule has 0 aliphatic heterocycles. The van der Waals surface area contributed by atoms with Gasteiger partial charge >= 0.3 is 0 Å². The van der Waals surface area contributed by atoms with E-state index >= 15 is 0 Å². The Labute approximate surface area is 137 Å². The van der Waals surface area contributed by atoms with Gasteiger partial charge in [-0.1, -0.05) is 29.8 Å².